The van der Waals surface area contributed by atoms with Gasteiger partial charge < -0.3 is 10.0 Å². The molecule has 3 unspecified atom stereocenters. The number of carboxylic acid groups (broad SMARTS) is 1. The minimum absolute atomic E-state index is 0.0154. The molecule has 1 fully saturated rings. The smallest absolute Gasteiger partial charge is 0.329 e. The van der Waals surface area contributed by atoms with E-state index in [2.05, 4.69) is 6.92 Å². The molecule has 1 aliphatic rings. The van der Waals surface area contributed by atoms with Gasteiger partial charge in [-0.15, -0.1) is 0 Å². The molecular formula is C14H25NO3. The number of aliphatic carboxylic acids is 1. The van der Waals surface area contributed by atoms with Gasteiger partial charge in [-0.1, -0.05) is 27.2 Å². The average molecular weight is 255 g/mol. The van der Waals surface area contributed by atoms with Crippen LogP contribution in [0, 0.1) is 11.8 Å². The summed E-state index contributed by atoms with van der Waals surface area (Å²) in [5, 5.41) is 9.73. The second-order valence-corrected chi connectivity index (χ2v) is 5.69. The number of carbonyl (C=O) groups excluding carboxylic acids is 1. The van der Waals surface area contributed by atoms with Crippen LogP contribution in [0.1, 0.15) is 53.4 Å². The summed E-state index contributed by atoms with van der Waals surface area (Å²) in [4.78, 5) is 25.3. The Morgan fingerprint density at radius 3 is 2.39 bits per heavy atom. The predicted octanol–water partition coefficient (Wildman–Crippen LogP) is 2.52. The fraction of sp³-hybridized carbons (Fsp3) is 0.857. The highest BCUT2D eigenvalue weighted by atomic mass is 16.4. The Kier molecular flexibility index (Phi) is 4.77. The van der Waals surface area contributed by atoms with E-state index in [0.717, 1.165) is 19.3 Å². The van der Waals surface area contributed by atoms with Crippen LogP contribution in [-0.2, 0) is 9.59 Å². The van der Waals surface area contributed by atoms with Crippen LogP contribution in [0.15, 0.2) is 0 Å². The Morgan fingerprint density at radius 1 is 1.33 bits per heavy atom. The van der Waals surface area contributed by atoms with Crippen molar-refractivity contribution < 1.29 is 14.7 Å². The lowest BCUT2D eigenvalue weighted by atomic mass is 9.68. The van der Waals surface area contributed by atoms with Crippen LogP contribution >= 0.6 is 0 Å². The standard InChI is InChI=1S/C14H25NO3/c1-5-8-15(12(4)16)14(13(17)18)9-10(2)6-7-11(14)3/h10-11H,5-9H2,1-4H3,(H,17,18). The maximum Gasteiger partial charge on any atom is 0.329 e. The molecule has 0 aliphatic heterocycles. The number of nitrogens with zero attached hydrogens (tertiary/aromatic N) is 1. The first-order valence-corrected chi connectivity index (χ1v) is 6.87. The van der Waals surface area contributed by atoms with E-state index in [4.69, 9.17) is 0 Å². The predicted molar refractivity (Wildman–Crippen MR) is 70.2 cm³/mol. The van der Waals surface area contributed by atoms with Crippen LogP contribution in [-0.4, -0.2) is 34.0 Å². The Hall–Kier alpha value is -1.06. The largest absolute Gasteiger partial charge is 0.479 e. The maximum absolute atomic E-state index is 11.9. The molecule has 1 N–H and O–H groups in total. The molecule has 104 valence electrons. The van der Waals surface area contributed by atoms with E-state index >= 15 is 0 Å². The lowest BCUT2D eigenvalue weighted by Gasteiger charge is -2.48. The minimum Gasteiger partial charge on any atom is -0.479 e. The first-order valence-electron chi connectivity index (χ1n) is 6.87. The first-order chi connectivity index (χ1) is 8.36. The molecule has 0 aromatic rings. The van der Waals surface area contributed by atoms with Crippen LogP contribution in [0.5, 0.6) is 0 Å². The van der Waals surface area contributed by atoms with E-state index in [1.807, 2.05) is 13.8 Å². The molecule has 0 heterocycles. The summed E-state index contributed by atoms with van der Waals surface area (Å²) in [6.45, 7) is 8.02. The Bertz CT molecular complexity index is 329. The Morgan fingerprint density at radius 2 is 1.94 bits per heavy atom. The van der Waals surface area contributed by atoms with Gasteiger partial charge in [0, 0.05) is 13.5 Å². The molecule has 1 saturated carbocycles. The molecule has 0 bridgehead atoms. The van der Waals surface area contributed by atoms with Gasteiger partial charge in [0.1, 0.15) is 5.54 Å². The molecule has 1 rings (SSSR count). The monoisotopic (exact) mass is 255 g/mol. The van der Waals surface area contributed by atoms with E-state index in [-0.39, 0.29) is 11.8 Å². The number of carboxylic acids is 1. The van der Waals surface area contributed by atoms with Crippen LogP contribution in [0.25, 0.3) is 0 Å². The molecule has 0 saturated heterocycles. The fourth-order valence-corrected chi connectivity index (χ4v) is 3.26. The molecule has 1 amide bonds. The number of hydrogen-bond donors (Lipinski definition) is 1. The van der Waals surface area contributed by atoms with Gasteiger partial charge >= 0.3 is 5.97 Å². The van der Waals surface area contributed by atoms with Gasteiger partial charge in [-0.05, 0) is 31.1 Å². The summed E-state index contributed by atoms with van der Waals surface area (Å²) >= 11 is 0. The number of hydrogen-bond acceptors (Lipinski definition) is 2. The highest BCUT2D eigenvalue weighted by Gasteiger charge is 2.52. The zero-order valence-electron chi connectivity index (χ0n) is 11.9. The van der Waals surface area contributed by atoms with Gasteiger partial charge in [0.05, 0.1) is 0 Å². The molecule has 0 aromatic carbocycles. The molecular weight excluding hydrogens is 230 g/mol. The number of amides is 1. The Labute approximate surface area is 109 Å². The molecule has 0 spiro atoms. The number of carbonyl (C=O) groups is 2. The second kappa shape index (κ2) is 5.72. The van der Waals surface area contributed by atoms with Gasteiger partial charge in [-0.25, -0.2) is 4.79 Å². The van der Waals surface area contributed by atoms with Crippen molar-refractivity contribution in [3.05, 3.63) is 0 Å². The van der Waals surface area contributed by atoms with Crippen LogP contribution in [0.3, 0.4) is 0 Å². The van der Waals surface area contributed by atoms with Crippen LogP contribution in [0.4, 0.5) is 0 Å². The maximum atomic E-state index is 11.9. The summed E-state index contributed by atoms with van der Waals surface area (Å²) < 4.78 is 0. The summed E-state index contributed by atoms with van der Waals surface area (Å²) in [6.07, 6.45) is 3.29. The van der Waals surface area contributed by atoms with E-state index < -0.39 is 11.5 Å². The molecule has 18 heavy (non-hydrogen) atoms. The van der Waals surface area contributed by atoms with Crippen molar-refractivity contribution in [2.45, 2.75) is 58.9 Å². The second-order valence-electron chi connectivity index (χ2n) is 5.69. The molecule has 4 nitrogen and oxygen atoms in total. The van der Waals surface area contributed by atoms with E-state index in [9.17, 15) is 14.7 Å². The minimum atomic E-state index is -1.00. The van der Waals surface area contributed by atoms with Gasteiger partial charge in [-0.2, -0.15) is 0 Å². The lowest BCUT2D eigenvalue weighted by molar-refractivity contribution is -0.167. The van der Waals surface area contributed by atoms with Crippen molar-refractivity contribution in [2.24, 2.45) is 11.8 Å². The quantitative estimate of drug-likeness (QED) is 0.839. The summed E-state index contributed by atoms with van der Waals surface area (Å²) in [7, 11) is 0. The van der Waals surface area contributed by atoms with Crippen LogP contribution < -0.4 is 0 Å². The van der Waals surface area contributed by atoms with E-state index in [0.29, 0.717) is 18.9 Å². The molecule has 3 atom stereocenters. The summed E-state index contributed by atoms with van der Waals surface area (Å²) in [6, 6.07) is 0. The molecule has 0 radical (unpaired) electrons. The number of rotatable bonds is 4. The average Bonchev–Trinajstić information content (AvgIpc) is 2.28. The SMILES string of the molecule is CCCN(C(C)=O)C1(C(=O)O)CC(C)CCC1C. The zero-order chi connectivity index (χ0) is 13.9. The van der Waals surface area contributed by atoms with Crippen molar-refractivity contribution in [3.8, 4) is 0 Å². The highest BCUT2D eigenvalue weighted by Crippen LogP contribution is 2.41. The summed E-state index contributed by atoms with van der Waals surface area (Å²) in [5.41, 5.74) is -1.00. The lowest BCUT2D eigenvalue weighted by Crippen LogP contribution is -2.62. The van der Waals surface area contributed by atoms with Crippen molar-refractivity contribution >= 4 is 11.9 Å². The topological polar surface area (TPSA) is 57.6 Å². The van der Waals surface area contributed by atoms with Crippen molar-refractivity contribution in [1.29, 1.82) is 0 Å². The van der Waals surface area contributed by atoms with Crippen molar-refractivity contribution in [2.75, 3.05) is 6.54 Å². The third-order valence-electron chi connectivity index (χ3n) is 4.25. The van der Waals surface area contributed by atoms with Gasteiger partial charge in [0.15, 0.2) is 0 Å². The zero-order valence-corrected chi connectivity index (χ0v) is 11.9. The van der Waals surface area contributed by atoms with Gasteiger partial charge in [0.25, 0.3) is 0 Å². The molecule has 4 heteroatoms. The first kappa shape index (κ1) is 15.0. The van der Waals surface area contributed by atoms with Crippen molar-refractivity contribution in [3.63, 3.8) is 0 Å². The normalized spacial score (nSPS) is 32.0. The third kappa shape index (κ3) is 2.52. The third-order valence-corrected chi connectivity index (χ3v) is 4.25. The molecule has 0 aromatic heterocycles. The van der Waals surface area contributed by atoms with Crippen LogP contribution in [0.2, 0.25) is 0 Å². The molecule has 1 aliphatic carbocycles. The summed E-state index contributed by atoms with van der Waals surface area (Å²) in [5.74, 6) is -0.594. The van der Waals surface area contributed by atoms with Gasteiger partial charge in [-0.3, -0.25) is 4.79 Å². The van der Waals surface area contributed by atoms with Crippen molar-refractivity contribution in [1.82, 2.24) is 4.90 Å². The van der Waals surface area contributed by atoms with E-state index in [1.54, 1.807) is 4.90 Å². The van der Waals surface area contributed by atoms with E-state index in [1.165, 1.54) is 6.92 Å². The Balaban J connectivity index is 3.18. The van der Waals surface area contributed by atoms with Gasteiger partial charge in [0.2, 0.25) is 5.91 Å². The fourth-order valence-electron chi connectivity index (χ4n) is 3.26. The highest BCUT2D eigenvalue weighted by molar-refractivity contribution is 5.86.